The molecule has 0 spiro atoms. The Hall–Kier alpha value is -3.06. The Kier molecular flexibility index (Phi) is 3.75. The highest BCUT2D eigenvalue weighted by molar-refractivity contribution is 7.19. The number of nitrogens with one attached hydrogen (secondary N) is 1. The second kappa shape index (κ2) is 6.28. The van der Waals surface area contributed by atoms with Crippen LogP contribution >= 0.6 is 11.3 Å². The van der Waals surface area contributed by atoms with Crippen molar-refractivity contribution in [3.8, 4) is 0 Å². The van der Waals surface area contributed by atoms with Gasteiger partial charge in [0.15, 0.2) is 5.01 Å². The van der Waals surface area contributed by atoms with E-state index in [0.717, 1.165) is 33.2 Å². The number of thiazole rings is 1. The van der Waals surface area contributed by atoms with Crippen LogP contribution in [0.1, 0.15) is 21.8 Å². The SMILES string of the molecule is O=C(c1nc2cccnc2s1)N1CC=C(c2c[nH]c3cc(F)ccc23)CC1. The number of carbonyl (C=O) groups excluding carboxylic acids is 1. The van der Waals surface area contributed by atoms with Crippen LogP contribution in [0, 0.1) is 5.82 Å². The van der Waals surface area contributed by atoms with Gasteiger partial charge in [0, 0.05) is 41.9 Å². The summed E-state index contributed by atoms with van der Waals surface area (Å²) in [6, 6.07) is 8.45. The molecule has 3 aromatic heterocycles. The van der Waals surface area contributed by atoms with Gasteiger partial charge in [0.05, 0.1) is 0 Å². The molecule has 0 bridgehead atoms. The number of fused-ring (bicyclic) bond motifs is 2. The highest BCUT2D eigenvalue weighted by Crippen LogP contribution is 2.30. The van der Waals surface area contributed by atoms with Gasteiger partial charge in [-0.15, -0.1) is 0 Å². The van der Waals surface area contributed by atoms with Crippen molar-refractivity contribution in [2.24, 2.45) is 0 Å². The van der Waals surface area contributed by atoms with Gasteiger partial charge in [0.25, 0.3) is 5.91 Å². The Balaban J connectivity index is 1.39. The summed E-state index contributed by atoms with van der Waals surface area (Å²) in [5.74, 6) is -0.315. The highest BCUT2D eigenvalue weighted by Gasteiger charge is 2.23. The summed E-state index contributed by atoms with van der Waals surface area (Å²) in [6.07, 6.45) is 6.43. The third-order valence-corrected chi connectivity index (χ3v) is 5.80. The zero-order valence-corrected chi connectivity index (χ0v) is 15.1. The summed E-state index contributed by atoms with van der Waals surface area (Å²) >= 11 is 1.33. The molecule has 0 aliphatic carbocycles. The largest absolute Gasteiger partial charge is 0.360 e. The summed E-state index contributed by atoms with van der Waals surface area (Å²) in [7, 11) is 0. The second-order valence-corrected chi connectivity index (χ2v) is 7.45. The molecule has 1 aliphatic heterocycles. The molecule has 0 saturated heterocycles. The van der Waals surface area contributed by atoms with Crippen molar-refractivity contribution >= 4 is 44.1 Å². The molecule has 5 nitrogen and oxygen atoms in total. The highest BCUT2D eigenvalue weighted by atomic mass is 32.1. The second-order valence-electron chi connectivity index (χ2n) is 6.47. The molecule has 1 N–H and O–H groups in total. The van der Waals surface area contributed by atoms with Crippen molar-refractivity contribution in [3.63, 3.8) is 0 Å². The Bertz CT molecular complexity index is 1180. The maximum absolute atomic E-state index is 13.4. The Morgan fingerprint density at radius 3 is 3.04 bits per heavy atom. The Morgan fingerprint density at radius 1 is 1.30 bits per heavy atom. The number of aromatic nitrogens is 3. The molecule has 0 unspecified atom stereocenters. The van der Waals surface area contributed by atoms with Crippen molar-refractivity contribution in [3.05, 3.63) is 65.2 Å². The number of hydrogen-bond acceptors (Lipinski definition) is 4. The van der Waals surface area contributed by atoms with E-state index >= 15 is 0 Å². The van der Waals surface area contributed by atoms with Crippen LogP contribution < -0.4 is 0 Å². The van der Waals surface area contributed by atoms with E-state index in [0.29, 0.717) is 18.1 Å². The van der Waals surface area contributed by atoms with Gasteiger partial charge in [0.1, 0.15) is 16.2 Å². The molecule has 0 fully saturated rings. The van der Waals surface area contributed by atoms with Gasteiger partial charge in [-0.25, -0.2) is 14.4 Å². The van der Waals surface area contributed by atoms with Crippen LogP contribution in [0.4, 0.5) is 4.39 Å². The quantitative estimate of drug-likeness (QED) is 0.567. The van der Waals surface area contributed by atoms with Crippen LogP contribution in [0.3, 0.4) is 0 Å². The predicted octanol–water partition coefficient (Wildman–Crippen LogP) is 4.24. The molecule has 1 aromatic carbocycles. The summed E-state index contributed by atoms with van der Waals surface area (Å²) in [5.41, 5.74) is 3.78. The molecular formula is C20H15FN4OS. The predicted molar refractivity (Wildman–Crippen MR) is 104 cm³/mol. The maximum Gasteiger partial charge on any atom is 0.283 e. The van der Waals surface area contributed by atoms with Gasteiger partial charge < -0.3 is 9.88 Å². The molecular weight excluding hydrogens is 363 g/mol. The van der Waals surface area contributed by atoms with E-state index in [4.69, 9.17) is 0 Å². The molecule has 27 heavy (non-hydrogen) atoms. The number of pyridine rings is 1. The van der Waals surface area contributed by atoms with E-state index in [1.807, 2.05) is 18.3 Å². The average Bonchev–Trinajstić information content (AvgIpc) is 3.31. The minimum Gasteiger partial charge on any atom is -0.360 e. The molecule has 4 aromatic rings. The monoisotopic (exact) mass is 378 g/mol. The zero-order chi connectivity index (χ0) is 18.4. The average molecular weight is 378 g/mol. The molecule has 1 aliphatic rings. The molecule has 0 radical (unpaired) electrons. The standard InChI is InChI=1S/C20H15FN4OS/c21-13-3-4-14-15(11-23-17(14)10-13)12-5-8-25(9-6-12)20(26)19-24-16-2-1-7-22-18(16)27-19/h1-5,7,10-11,23H,6,8-9H2. The summed E-state index contributed by atoms with van der Waals surface area (Å²) in [5, 5.41) is 1.47. The summed E-state index contributed by atoms with van der Waals surface area (Å²) < 4.78 is 13.4. The van der Waals surface area contributed by atoms with E-state index < -0.39 is 0 Å². The first-order valence-electron chi connectivity index (χ1n) is 8.66. The molecule has 0 saturated carbocycles. The number of hydrogen-bond donors (Lipinski definition) is 1. The lowest BCUT2D eigenvalue weighted by Gasteiger charge is -2.25. The third-order valence-electron chi connectivity index (χ3n) is 4.84. The first kappa shape index (κ1) is 16.1. The number of H-pyrrole nitrogens is 1. The minimum absolute atomic E-state index is 0.0608. The van der Waals surface area contributed by atoms with Gasteiger partial charge in [-0.2, -0.15) is 0 Å². The van der Waals surface area contributed by atoms with Crippen molar-refractivity contribution in [1.82, 2.24) is 19.9 Å². The number of halogens is 1. The van der Waals surface area contributed by atoms with Crippen molar-refractivity contribution < 1.29 is 9.18 Å². The zero-order valence-electron chi connectivity index (χ0n) is 14.3. The minimum atomic E-state index is -0.254. The fourth-order valence-corrected chi connectivity index (χ4v) is 4.33. The first-order chi connectivity index (χ1) is 13.2. The number of rotatable bonds is 2. The molecule has 5 rings (SSSR count). The topological polar surface area (TPSA) is 61.9 Å². The lowest BCUT2D eigenvalue weighted by Crippen LogP contribution is -2.34. The van der Waals surface area contributed by atoms with Gasteiger partial charge in [-0.1, -0.05) is 17.4 Å². The van der Waals surface area contributed by atoms with Gasteiger partial charge in [-0.05, 0) is 42.3 Å². The van der Waals surface area contributed by atoms with Crippen LogP contribution in [0.2, 0.25) is 0 Å². The van der Waals surface area contributed by atoms with Gasteiger partial charge in [0.2, 0.25) is 0 Å². The normalized spacial score (nSPS) is 14.7. The maximum atomic E-state index is 13.4. The van der Waals surface area contributed by atoms with Crippen LogP contribution in [-0.4, -0.2) is 38.8 Å². The fourth-order valence-electron chi connectivity index (χ4n) is 3.46. The summed E-state index contributed by atoms with van der Waals surface area (Å²) in [4.78, 5) is 27.1. The van der Waals surface area contributed by atoms with Crippen LogP contribution in [-0.2, 0) is 0 Å². The van der Waals surface area contributed by atoms with E-state index in [-0.39, 0.29) is 11.7 Å². The Morgan fingerprint density at radius 2 is 2.22 bits per heavy atom. The van der Waals surface area contributed by atoms with Crippen molar-refractivity contribution in [2.45, 2.75) is 6.42 Å². The lowest BCUT2D eigenvalue weighted by molar-refractivity contribution is 0.0772. The van der Waals surface area contributed by atoms with E-state index in [2.05, 4.69) is 21.0 Å². The van der Waals surface area contributed by atoms with Gasteiger partial charge in [-0.3, -0.25) is 4.79 Å². The van der Waals surface area contributed by atoms with Crippen LogP contribution in [0.5, 0.6) is 0 Å². The smallest absolute Gasteiger partial charge is 0.283 e. The van der Waals surface area contributed by atoms with Crippen molar-refractivity contribution in [1.29, 1.82) is 0 Å². The lowest BCUT2D eigenvalue weighted by atomic mass is 9.99. The number of amides is 1. The third kappa shape index (κ3) is 2.80. The Labute approximate surface area is 158 Å². The van der Waals surface area contributed by atoms with Crippen molar-refractivity contribution in [2.75, 3.05) is 13.1 Å². The number of carbonyl (C=O) groups is 1. The number of nitrogens with zero attached hydrogens (tertiary/aromatic N) is 3. The molecule has 0 atom stereocenters. The van der Waals surface area contributed by atoms with Gasteiger partial charge >= 0.3 is 0 Å². The van der Waals surface area contributed by atoms with E-state index in [1.54, 1.807) is 17.2 Å². The number of aromatic amines is 1. The van der Waals surface area contributed by atoms with E-state index in [1.165, 1.54) is 29.0 Å². The fraction of sp³-hybridized carbons (Fsp3) is 0.150. The molecule has 134 valence electrons. The van der Waals surface area contributed by atoms with Crippen LogP contribution in [0.15, 0.2) is 48.8 Å². The van der Waals surface area contributed by atoms with Crippen LogP contribution in [0.25, 0.3) is 26.8 Å². The molecule has 7 heteroatoms. The summed E-state index contributed by atoms with van der Waals surface area (Å²) in [6.45, 7) is 1.16. The van der Waals surface area contributed by atoms with E-state index in [9.17, 15) is 9.18 Å². The first-order valence-corrected chi connectivity index (χ1v) is 9.47. The molecule has 4 heterocycles. The molecule has 1 amide bonds. The number of benzene rings is 1.